The number of thiol groups is 1. The summed E-state index contributed by atoms with van der Waals surface area (Å²) in [5.74, 6) is 0.646. The molecule has 0 aliphatic carbocycles. The summed E-state index contributed by atoms with van der Waals surface area (Å²) in [6.45, 7) is 5.94. The molecule has 2 aromatic rings. The summed E-state index contributed by atoms with van der Waals surface area (Å²) >= 11 is 16.5. The lowest BCUT2D eigenvalue weighted by atomic mass is 9.86. The van der Waals surface area contributed by atoms with Gasteiger partial charge in [0.05, 0.1) is 16.7 Å². The first-order valence-electron chi connectivity index (χ1n) is 10.6. The normalized spacial score (nSPS) is 13.9. The summed E-state index contributed by atoms with van der Waals surface area (Å²) in [5.41, 5.74) is 2.02. The van der Waals surface area contributed by atoms with Gasteiger partial charge in [-0.25, -0.2) is 0 Å². The number of benzene rings is 2. The number of hydrogen-bond acceptors (Lipinski definition) is 5. The zero-order valence-corrected chi connectivity index (χ0v) is 21.2. The van der Waals surface area contributed by atoms with E-state index in [1.165, 1.54) is 4.74 Å². The molecule has 0 saturated heterocycles. The molecule has 0 atom stereocenters. The third-order valence-electron chi connectivity index (χ3n) is 5.19. The first-order valence-corrected chi connectivity index (χ1v) is 11.8. The van der Waals surface area contributed by atoms with Gasteiger partial charge in [-0.05, 0) is 42.7 Å². The number of amides is 1. The fourth-order valence-corrected chi connectivity index (χ4v) is 3.98. The molecule has 9 heteroatoms. The van der Waals surface area contributed by atoms with E-state index in [9.17, 15) is 9.59 Å². The number of ether oxygens (including phenoxy) is 1. The van der Waals surface area contributed by atoms with E-state index < -0.39 is 5.41 Å². The molecule has 0 aromatic heterocycles. The number of carbonyl (C=O) groups excluding carboxylic acids is 2. The number of ketones is 1. The number of hydrogen-bond donors (Lipinski definition) is 2. The molecule has 0 fully saturated rings. The van der Waals surface area contributed by atoms with Crippen molar-refractivity contribution in [2.24, 2.45) is 5.41 Å². The average Bonchev–Trinajstić information content (AvgIpc) is 2.77. The van der Waals surface area contributed by atoms with Crippen molar-refractivity contribution in [1.29, 1.82) is 0 Å². The maximum atomic E-state index is 13.0. The standard InChI is InChI=1S/C24H26Cl2N2O4S/c1-24(2,3)23(30)21-19(10-8-17(25)22(21)26)28(32-33)12-4-5-13-31-16-7-9-18-15(14-16)6-11-20(29)27-18/h7-10,12,14H,4-6,11,13H2,1-3H3,(H-,27,29,33)/p+1. The number of anilines is 1. The molecular weight excluding hydrogens is 483 g/mol. The van der Waals surface area contributed by atoms with Crippen molar-refractivity contribution < 1.29 is 23.3 Å². The molecule has 1 aliphatic heterocycles. The van der Waals surface area contributed by atoms with Crippen LogP contribution in [0.3, 0.4) is 0 Å². The second kappa shape index (κ2) is 10.8. The fraction of sp³-hybridized carbons (Fsp3) is 0.375. The number of carbonyl (C=O) groups is 2. The van der Waals surface area contributed by atoms with E-state index in [0.717, 1.165) is 17.0 Å². The third kappa shape index (κ3) is 6.22. The Kier molecular flexibility index (Phi) is 8.32. The number of nitrogens with one attached hydrogen (secondary N) is 1. The molecule has 1 amide bonds. The number of aryl methyl sites for hydroxylation is 1. The summed E-state index contributed by atoms with van der Waals surface area (Å²) in [5, 5.41) is 3.34. The first kappa shape index (κ1) is 25.4. The molecule has 1 N–H and O–H groups in total. The largest absolute Gasteiger partial charge is 0.494 e. The molecule has 0 unspecified atom stereocenters. The first-order chi connectivity index (χ1) is 15.6. The van der Waals surface area contributed by atoms with Crippen molar-refractivity contribution in [3.63, 3.8) is 0 Å². The van der Waals surface area contributed by atoms with Crippen molar-refractivity contribution in [3.05, 3.63) is 51.5 Å². The van der Waals surface area contributed by atoms with Gasteiger partial charge in [0.1, 0.15) is 24.2 Å². The van der Waals surface area contributed by atoms with Gasteiger partial charge in [-0.1, -0.05) is 44.0 Å². The van der Waals surface area contributed by atoms with Crippen molar-refractivity contribution in [2.75, 3.05) is 11.9 Å². The van der Waals surface area contributed by atoms with Crippen LogP contribution in [-0.2, 0) is 15.5 Å². The highest BCUT2D eigenvalue weighted by molar-refractivity contribution is 7.74. The Morgan fingerprint density at radius 3 is 2.67 bits per heavy atom. The van der Waals surface area contributed by atoms with Gasteiger partial charge in [0.2, 0.25) is 12.1 Å². The highest BCUT2D eigenvalue weighted by Crippen LogP contribution is 2.37. The van der Waals surface area contributed by atoms with Crippen molar-refractivity contribution in [2.45, 2.75) is 46.5 Å². The van der Waals surface area contributed by atoms with Crippen molar-refractivity contribution >= 4 is 65.4 Å². The Hall–Kier alpha value is -2.22. The molecule has 0 radical (unpaired) electrons. The van der Waals surface area contributed by atoms with E-state index in [1.807, 2.05) is 39.0 Å². The van der Waals surface area contributed by atoms with Crippen LogP contribution in [0.5, 0.6) is 5.75 Å². The zero-order chi connectivity index (χ0) is 24.2. The summed E-state index contributed by atoms with van der Waals surface area (Å²) in [4.78, 5) is 24.5. The molecule has 6 nitrogen and oxygen atoms in total. The van der Waals surface area contributed by atoms with E-state index in [4.69, 9.17) is 32.2 Å². The molecule has 0 spiro atoms. The van der Waals surface area contributed by atoms with Gasteiger partial charge in [-0.2, -0.15) is 4.28 Å². The monoisotopic (exact) mass is 509 g/mol. The third-order valence-corrected chi connectivity index (χ3v) is 6.17. The maximum Gasteiger partial charge on any atom is 0.270 e. The van der Waals surface area contributed by atoms with Gasteiger partial charge in [0.25, 0.3) is 5.69 Å². The molecule has 0 saturated carbocycles. The van der Waals surface area contributed by atoms with Crippen LogP contribution < -0.4 is 10.1 Å². The van der Waals surface area contributed by atoms with Gasteiger partial charge in [-0.3, -0.25) is 9.59 Å². The van der Waals surface area contributed by atoms with Gasteiger partial charge < -0.3 is 10.1 Å². The number of rotatable bonds is 8. The SMILES string of the molecule is CC(C)(C)C(=O)c1c([N+](=CCCCOc2ccc3c(c2)CCC(=O)N3)OS)ccc(Cl)c1Cl. The van der Waals surface area contributed by atoms with E-state index in [2.05, 4.69) is 18.2 Å². The number of halogens is 2. The average molecular weight is 510 g/mol. The van der Waals surface area contributed by atoms with Crippen LogP contribution in [0.4, 0.5) is 11.4 Å². The van der Waals surface area contributed by atoms with E-state index >= 15 is 0 Å². The minimum Gasteiger partial charge on any atom is -0.494 e. The fourth-order valence-electron chi connectivity index (χ4n) is 3.42. The van der Waals surface area contributed by atoms with Gasteiger partial charge >= 0.3 is 0 Å². The van der Waals surface area contributed by atoms with Gasteiger partial charge in [0, 0.05) is 34.7 Å². The van der Waals surface area contributed by atoms with Crippen LogP contribution in [0.15, 0.2) is 30.3 Å². The lowest BCUT2D eigenvalue weighted by Crippen LogP contribution is -2.22. The molecule has 1 aliphatic rings. The lowest BCUT2D eigenvalue weighted by Gasteiger charge is -2.18. The number of Topliss-reactive ketones (excluding diaryl/α,β-unsaturated/α-hetero) is 1. The van der Waals surface area contributed by atoms with Crippen LogP contribution >= 0.6 is 36.1 Å². The van der Waals surface area contributed by atoms with Crippen molar-refractivity contribution in [1.82, 2.24) is 0 Å². The van der Waals surface area contributed by atoms with Crippen LogP contribution in [-0.4, -0.2) is 29.3 Å². The Balaban J connectivity index is 1.67. The van der Waals surface area contributed by atoms with Crippen LogP contribution in [0.1, 0.15) is 56.0 Å². The molecule has 33 heavy (non-hydrogen) atoms. The maximum absolute atomic E-state index is 13.0. The summed E-state index contributed by atoms with van der Waals surface area (Å²) < 4.78 is 12.5. The zero-order valence-electron chi connectivity index (χ0n) is 18.8. The Morgan fingerprint density at radius 2 is 1.97 bits per heavy atom. The summed E-state index contributed by atoms with van der Waals surface area (Å²) in [7, 11) is 0. The van der Waals surface area contributed by atoms with Crippen LogP contribution in [0.25, 0.3) is 0 Å². The Morgan fingerprint density at radius 1 is 1.21 bits per heavy atom. The Bertz CT molecular complexity index is 1100. The Labute approximate surface area is 209 Å². The van der Waals surface area contributed by atoms with Gasteiger partial charge in [0.15, 0.2) is 5.78 Å². The summed E-state index contributed by atoms with van der Waals surface area (Å²) in [6, 6.07) is 8.97. The molecule has 1 heterocycles. The van der Waals surface area contributed by atoms with E-state index in [1.54, 1.807) is 18.3 Å². The van der Waals surface area contributed by atoms with Crippen LogP contribution in [0, 0.1) is 5.41 Å². The summed E-state index contributed by atoms with van der Waals surface area (Å²) in [6.07, 6.45) is 4.27. The quantitative estimate of drug-likeness (QED) is 0.0814. The minimum atomic E-state index is -0.656. The lowest BCUT2D eigenvalue weighted by molar-refractivity contribution is -0.672. The highest BCUT2D eigenvalue weighted by atomic mass is 35.5. The van der Waals surface area contributed by atoms with Crippen molar-refractivity contribution in [3.8, 4) is 5.75 Å². The van der Waals surface area contributed by atoms with Crippen LogP contribution in [0.2, 0.25) is 10.0 Å². The van der Waals surface area contributed by atoms with E-state index in [-0.39, 0.29) is 16.7 Å². The molecule has 176 valence electrons. The predicted octanol–water partition coefficient (Wildman–Crippen LogP) is 6.46. The van der Waals surface area contributed by atoms with Gasteiger partial charge in [-0.15, -0.1) is 0 Å². The topological polar surface area (TPSA) is 67.6 Å². The number of nitrogens with zero attached hydrogens (tertiary/aromatic N) is 1. The molecule has 3 rings (SSSR count). The molecular formula is C24H27Cl2N2O4S+. The number of fused-ring (bicyclic) bond motifs is 1. The highest BCUT2D eigenvalue weighted by Gasteiger charge is 2.33. The smallest absolute Gasteiger partial charge is 0.270 e. The second-order valence-corrected chi connectivity index (χ2v) is 9.73. The number of unbranched alkanes of at least 4 members (excludes halogenated alkanes) is 1. The minimum absolute atomic E-state index is 0.0389. The molecule has 0 bridgehead atoms. The molecule has 2 aromatic carbocycles. The second-order valence-electron chi connectivity index (χ2n) is 8.78. The van der Waals surface area contributed by atoms with E-state index in [0.29, 0.717) is 48.6 Å². The predicted molar refractivity (Wildman–Crippen MR) is 134 cm³/mol.